The van der Waals surface area contributed by atoms with Crippen molar-refractivity contribution in [1.82, 2.24) is 19.5 Å². The lowest BCUT2D eigenvalue weighted by atomic mass is 10.1. The van der Waals surface area contributed by atoms with Gasteiger partial charge in [-0.3, -0.25) is 9.67 Å². The summed E-state index contributed by atoms with van der Waals surface area (Å²) in [5.74, 6) is -0.0382. The number of sulfonamides is 1. The Kier molecular flexibility index (Phi) is 4.96. The Balaban J connectivity index is 1.70. The molecule has 1 N–H and O–H groups in total. The number of nitrogens with one attached hydrogen (secondary N) is 1. The molecule has 0 bridgehead atoms. The highest BCUT2D eigenvalue weighted by molar-refractivity contribution is 7.88. The van der Waals surface area contributed by atoms with Crippen molar-refractivity contribution in [2.45, 2.75) is 19.2 Å². The van der Waals surface area contributed by atoms with Gasteiger partial charge >= 0.3 is 0 Å². The molecule has 0 fully saturated rings. The molecule has 0 atom stereocenters. The second kappa shape index (κ2) is 7.16. The summed E-state index contributed by atoms with van der Waals surface area (Å²) in [6.07, 6.45) is 5.11. The lowest BCUT2D eigenvalue weighted by molar-refractivity contribution is 0.580. The molecular weight excluding hydrogens is 336 g/mol. The van der Waals surface area contributed by atoms with Crippen molar-refractivity contribution >= 4 is 10.0 Å². The molecule has 0 aliphatic carbocycles. The van der Waals surface area contributed by atoms with Crippen molar-refractivity contribution in [3.05, 3.63) is 71.7 Å². The van der Waals surface area contributed by atoms with E-state index in [0.29, 0.717) is 0 Å². The zero-order chi connectivity index (χ0) is 17.9. The van der Waals surface area contributed by atoms with E-state index < -0.39 is 10.0 Å². The van der Waals surface area contributed by atoms with Gasteiger partial charge in [-0.1, -0.05) is 29.8 Å². The van der Waals surface area contributed by atoms with Crippen LogP contribution >= 0.6 is 0 Å². The van der Waals surface area contributed by atoms with E-state index in [-0.39, 0.29) is 12.3 Å². The van der Waals surface area contributed by atoms with Crippen LogP contribution in [0.3, 0.4) is 0 Å². The largest absolute Gasteiger partial charge is 0.268 e. The summed E-state index contributed by atoms with van der Waals surface area (Å²) in [5.41, 5.74) is 4.44. The Morgan fingerprint density at radius 2 is 1.96 bits per heavy atom. The third kappa shape index (κ3) is 4.52. The monoisotopic (exact) mass is 356 g/mol. The number of rotatable bonds is 6. The molecule has 0 unspecified atom stereocenters. The minimum Gasteiger partial charge on any atom is -0.268 e. The summed E-state index contributed by atoms with van der Waals surface area (Å²) in [4.78, 5) is 4.20. The van der Waals surface area contributed by atoms with Crippen LogP contribution in [0.5, 0.6) is 0 Å². The average Bonchev–Trinajstić information content (AvgIpc) is 2.99. The van der Waals surface area contributed by atoms with Crippen LogP contribution < -0.4 is 4.72 Å². The normalized spacial score (nSPS) is 11.6. The van der Waals surface area contributed by atoms with E-state index in [1.54, 1.807) is 23.3 Å². The van der Waals surface area contributed by atoms with Gasteiger partial charge in [0.25, 0.3) is 0 Å². The van der Waals surface area contributed by atoms with Crippen molar-refractivity contribution < 1.29 is 8.42 Å². The third-order valence-corrected chi connectivity index (χ3v) is 5.14. The molecule has 0 aliphatic rings. The summed E-state index contributed by atoms with van der Waals surface area (Å²) in [5, 5.41) is 4.14. The van der Waals surface area contributed by atoms with Gasteiger partial charge in [-0.25, -0.2) is 13.1 Å². The van der Waals surface area contributed by atoms with Gasteiger partial charge in [0.05, 0.1) is 11.4 Å². The molecule has 3 aromatic rings. The van der Waals surface area contributed by atoms with Crippen molar-refractivity contribution in [3.8, 4) is 11.3 Å². The number of hydrogen-bond acceptors (Lipinski definition) is 4. The summed E-state index contributed by atoms with van der Waals surface area (Å²) in [6.45, 7) is 2.14. The second-order valence-electron chi connectivity index (χ2n) is 5.99. The van der Waals surface area contributed by atoms with E-state index in [9.17, 15) is 8.42 Å². The Bertz CT molecular complexity index is 980. The smallest absolute Gasteiger partial charge is 0.216 e. The van der Waals surface area contributed by atoms with Crippen LogP contribution in [0.25, 0.3) is 11.3 Å². The Morgan fingerprint density at radius 3 is 2.68 bits per heavy atom. The van der Waals surface area contributed by atoms with Crippen LogP contribution in [-0.2, 0) is 29.4 Å². The first-order chi connectivity index (χ1) is 11.9. The molecule has 25 heavy (non-hydrogen) atoms. The van der Waals surface area contributed by atoms with E-state index in [2.05, 4.69) is 14.8 Å². The number of aromatic nitrogens is 3. The van der Waals surface area contributed by atoms with E-state index >= 15 is 0 Å². The zero-order valence-electron chi connectivity index (χ0n) is 14.2. The van der Waals surface area contributed by atoms with Gasteiger partial charge in [0.1, 0.15) is 0 Å². The van der Waals surface area contributed by atoms with Crippen molar-refractivity contribution in [3.63, 3.8) is 0 Å². The molecular formula is C18H20N4O2S. The molecule has 2 heterocycles. The van der Waals surface area contributed by atoms with Crippen LogP contribution in [0, 0.1) is 6.92 Å². The fraction of sp³-hybridized carbons (Fsp3) is 0.222. The first kappa shape index (κ1) is 17.3. The molecule has 130 valence electrons. The van der Waals surface area contributed by atoms with E-state index in [1.807, 2.05) is 50.4 Å². The number of pyridine rings is 1. The average molecular weight is 356 g/mol. The van der Waals surface area contributed by atoms with Crippen molar-refractivity contribution in [2.24, 2.45) is 7.05 Å². The molecule has 0 amide bonds. The Hall–Kier alpha value is -2.51. The SMILES string of the molecule is Cc1cccc(CS(=O)(=O)NCc2cncc(-c3ccnn3C)c2)c1. The molecule has 6 nitrogen and oxygen atoms in total. The third-order valence-electron chi connectivity index (χ3n) is 3.85. The minimum atomic E-state index is -3.42. The number of aryl methyl sites for hydroxylation is 2. The molecule has 0 saturated carbocycles. The van der Waals surface area contributed by atoms with E-state index in [0.717, 1.165) is 27.9 Å². The van der Waals surface area contributed by atoms with Crippen LogP contribution in [0.1, 0.15) is 16.7 Å². The van der Waals surface area contributed by atoms with Crippen molar-refractivity contribution in [2.75, 3.05) is 0 Å². The van der Waals surface area contributed by atoms with Gasteiger partial charge in [-0.2, -0.15) is 5.10 Å². The van der Waals surface area contributed by atoms with Gasteiger partial charge < -0.3 is 0 Å². The van der Waals surface area contributed by atoms with Gasteiger partial charge in [0.2, 0.25) is 10.0 Å². The Labute approximate surface area is 147 Å². The number of nitrogens with zero attached hydrogens (tertiary/aromatic N) is 3. The highest BCUT2D eigenvalue weighted by Gasteiger charge is 2.12. The van der Waals surface area contributed by atoms with Gasteiger partial charge in [0.15, 0.2) is 0 Å². The fourth-order valence-electron chi connectivity index (χ4n) is 2.65. The van der Waals surface area contributed by atoms with Gasteiger partial charge in [-0.15, -0.1) is 0 Å². The molecule has 0 aliphatic heterocycles. The molecule has 2 aromatic heterocycles. The standard InChI is InChI=1S/C18H20N4O2S/c1-14-4-3-5-15(8-14)13-25(23,24)21-11-16-9-17(12-19-10-16)18-6-7-20-22(18)2/h3-10,12,21H,11,13H2,1-2H3. The predicted molar refractivity (Wildman–Crippen MR) is 97.1 cm³/mol. The summed E-state index contributed by atoms with van der Waals surface area (Å²) in [7, 11) is -1.57. The van der Waals surface area contributed by atoms with E-state index in [1.165, 1.54) is 0 Å². The second-order valence-corrected chi connectivity index (χ2v) is 7.80. The topological polar surface area (TPSA) is 76.9 Å². The van der Waals surface area contributed by atoms with Crippen LogP contribution in [0.4, 0.5) is 0 Å². The highest BCUT2D eigenvalue weighted by atomic mass is 32.2. The number of benzene rings is 1. The number of hydrogen-bond donors (Lipinski definition) is 1. The van der Waals surface area contributed by atoms with Gasteiger partial charge in [-0.05, 0) is 30.2 Å². The molecule has 0 radical (unpaired) electrons. The molecule has 1 aromatic carbocycles. The molecule has 3 rings (SSSR count). The van der Waals surface area contributed by atoms with Crippen LogP contribution in [0.2, 0.25) is 0 Å². The summed E-state index contributed by atoms with van der Waals surface area (Å²) >= 11 is 0. The maximum atomic E-state index is 12.3. The quantitative estimate of drug-likeness (QED) is 0.736. The molecule has 0 saturated heterocycles. The summed E-state index contributed by atoms with van der Waals surface area (Å²) < 4.78 is 29.0. The minimum absolute atomic E-state index is 0.0382. The van der Waals surface area contributed by atoms with Crippen molar-refractivity contribution in [1.29, 1.82) is 0 Å². The molecule has 7 heteroatoms. The fourth-order valence-corrected chi connectivity index (χ4v) is 3.75. The summed E-state index contributed by atoms with van der Waals surface area (Å²) in [6, 6.07) is 11.3. The lowest BCUT2D eigenvalue weighted by Crippen LogP contribution is -2.24. The highest BCUT2D eigenvalue weighted by Crippen LogP contribution is 2.18. The van der Waals surface area contributed by atoms with Gasteiger partial charge in [0, 0.05) is 37.7 Å². The maximum absolute atomic E-state index is 12.3. The predicted octanol–water partition coefficient (Wildman–Crippen LogP) is 2.41. The maximum Gasteiger partial charge on any atom is 0.216 e. The first-order valence-corrected chi connectivity index (χ1v) is 9.53. The van der Waals surface area contributed by atoms with E-state index in [4.69, 9.17) is 0 Å². The Morgan fingerprint density at radius 1 is 1.12 bits per heavy atom. The van der Waals surface area contributed by atoms with Crippen LogP contribution in [-0.4, -0.2) is 23.2 Å². The van der Waals surface area contributed by atoms with Crippen LogP contribution in [0.15, 0.2) is 55.0 Å². The lowest BCUT2D eigenvalue weighted by Gasteiger charge is -2.09. The first-order valence-electron chi connectivity index (χ1n) is 7.88. The zero-order valence-corrected chi connectivity index (χ0v) is 15.0. The molecule has 0 spiro atoms.